The minimum absolute atomic E-state index is 0.452. The highest BCUT2D eigenvalue weighted by Gasteiger charge is 2.08. The Morgan fingerprint density at radius 1 is 1.36 bits per heavy atom. The number of hydrogen-bond donors (Lipinski definition) is 0. The summed E-state index contributed by atoms with van der Waals surface area (Å²) in [6.07, 6.45) is 1.31. The van der Waals surface area contributed by atoms with Crippen LogP contribution >= 0.6 is 11.6 Å². The molecule has 0 N–H and O–H groups in total. The molecule has 0 aliphatic heterocycles. The summed E-state index contributed by atoms with van der Waals surface area (Å²) in [5.74, 6) is 0. The lowest BCUT2D eigenvalue weighted by molar-refractivity contribution is -0.577. The molecule has 1 aromatic carbocycles. The highest BCUT2D eigenvalue weighted by atomic mass is 35.5. The monoisotopic (exact) mass is 204 g/mol. The van der Waals surface area contributed by atoms with E-state index in [1.165, 1.54) is 12.3 Å². The number of nitriles is 1. The molecule has 2 aromatic rings. The zero-order valence-corrected chi connectivity index (χ0v) is 7.82. The first-order valence-electron chi connectivity index (χ1n) is 3.94. The predicted molar refractivity (Wildman–Crippen MR) is 52.6 cm³/mol. The van der Waals surface area contributed by atoms with Crippen LogP contribution in [0, 0.1) is 16.5 Å². The SMILES string of the molecule is N#Cc1cc[n+]([O-])c2ccc(Cl)cc12. The fraction of sp³-hybridized carbons (Fsp3) is 0. The van der Waals surface area contributed by atoms with Crippen molar-refractivity contribution >= 4 is 22.5 Å². The molecule has 0 radical (unpaired) electrons. The summed E-state index contributed by atoms with van der Waals surface area (Å²) in [5.41, 5.74) is 0.906. The van der Waals surface area contributed by atoms with Crippen LogP contribution in [0.5, 0.6) is 0 Å². The van der Waals surface area contributed by atoms with Crippen molar-refractivity contribution in [3.8, 4) is 6.07 Å². The summed E-state index contributed by atoms with van der Waals surface area (Å²) in [6, 6.07) is 8.33. The molecule has 3 nitrogen and oxygen atoms in total. The number of hydrogen-bond acceptors (Lipinski definition) is 2. The Morgan fingerprint density at radius 3 is 2.86 bits per heavy atom. The lowest BCUT2D eigenvalue weighted by atomic mass is 10.1. The molecule has 0 aliphatic carbocycles. The van der Waals surface area contributed by atoms with Crippen molar-refractivity contribution < 1.29 is 4.73 Å². The van der Waals surface area contributed by atoms with Gasteiger partial charge in [-0.3, -0.25) is 0 Å². The van der Waals surface area contributed by atoms with E-state index in [0.717, 1.165) is 0 Å². The van der Waals surface area contributed by atoms with E-state index < -0.39 is 0 Å². The number of rotatable bonds is 0. The molecule has 68 valence electrons. The molecule has 0 unspecified atom stereocenters. The summed E-state index contributed by atoms with van der Waals surface area (Å²) < 4.78 is 0.715. The zero-order chi connectivity index (χ0) is 10.1. The molecular formula is C10H5ClN2O. The molecule has 0 spiro atoms. The topological polar surface area (TPSA) is 50.7 Å². The summed E-state index contributed by atoms with van der Waals surface area (Å²) >= 11 is 5.78. The summed E-state index contributed by atoms with van der Waals surface area (Å²) in [5, 5.41) is 21.2. The first-order chi connectivity index (χ1) is 6.72. The molecule has 4 heteroatoms. The molecule has 0 saturated heterocycles. The van der Waals surface area contributed by atoms with Crippen LogP contribution in [0.3, 0.4) is 0 Å². The Labute approximate surface area is 85.4 Å². The van der Waals surface area contributed by atoms with Gasteiger partial charge in [0.15, 0.2) is 6.20 Å². The average Bonchev–Trinajstić information content (AvgIpc) is 2.18. The third-order valence-electron chi connectivity index (χ3n) is 1.98. The van der Waals surface area contributed by atoms with Gasteiger partial charge in [-0.05, 0) is 12.1 Å². The van der Waals surface area contributed by atoms with Crippen LogP contribution in [-0.4, -0.2) is 0 Å². The minimum Gasteiger partial charge on any atom is -0.618 e. The van der Waals surface area contributed by atoms with Crippen molar-refractivity contribution in [2.75, 3.05) is 0 Å². The van der Waals surface area contributed by atoms with Crippen LogP contribution in [0.2, 0.25) is 5.02 Å². The van der Waals surface area contributed by atoms with Crippen molar-refractivity contribution in [2.45, 2.75) is 0 Å². The van der Waals surface area contributed by atoms with Gasteiger partial charge in [0, 0.05) is 17.2 Å². The molecule has 0 atom stereocenters. The Bertz CT molecular complexity index is 546. The molecule has 0 bridgehead atoms. The van der Waals surface area contributed by atoms with Gasteiger partial charge in [0.1, 0.15) is 6.07 Å². The van der Waals surface area contributed by atoms with Crippen molar-refractivity contribution in [1.29, 1.82) is 5.26 Å². The van der Waals surface area contributed by atoms with Gasteiger partial charge in [0.25, 0.3) is 0 Å². The van der Waals surface area contributed by atoms with E-state index in [2.05, 4.69) is 0 Å². The normalized spacial score (nSPS) is 10.0. The third-order valence-corrected chi connectivity index (χ3v) is 2.22. The van der Waals surface area contributed by atoms with Crippen molar-refractivity contribution in [2.24, 2.45) is 0 Å². The number of fused-ring (bicyclic) bond motifs is 1. The van der Waals surface area contributed by atoms with Gasteiger partial charge in [0.05, 0.1) is 10.9 Å². The van der Waals surface area contributed by atoms with E-state index in [0.29, 0.717) is 26.2 Å². The first kappa shape index (κ1) is 8.79. The van der Waals surface area contributed by atoms with Crippen molar-refractivity contribution in [3.05, 3.63) is 46.3 Å². The van der Waals surface area contributed by atoms with Crippen molar-refractivity contribution in [1.82, 2.24) is 0 Å². The van der Waals surface area contributed by atoms with Crippen LogP contribution < -0.4 is 4.73 Å². The number of benzene rings is 1. The van der Waals surface area contributed by atoms with Gasteiger partial charge < -0.3 is 5.21 Å². The van der Waals surface area contributed by atoms with Gasteiger partial charge in [-0.2, -0.15) is 9.99 Å². The number of pyridine rings is 1. The van der Waals surface area contributed by atoms with E-state index in [4.69, 9.17) is 16.9 Å². The second-order valence-electron chi connectivity index (χ2n) is 2.83. The Morgan fingerprint density at radius 2 is 2.14 bits per heavy atom. The van der Waals surface area contributed by atoms with Crippen LogP contribution in [-0.2, 0) is 0 Å². The molecule has 0 fully saturated rings. The standard InChI is InChI=1S/C10H5ClN2O/c11-8-1-2-10-9(5-8)7(6-12)3-4-13(10)14/h1-5H. The van der Waals surface area contributed by atoms with Gasteiger partial charge >= 0.3 is 0 Å². The summed E-state index contributed by atoms with van der Waals surface area (Å²) in [6.45, 7) is 0. The van der Waals surface area contributed by atoms with Crippen LogP contribution in [0.1, 0.15) is 5.56 Å². The molecule has 1 heterocycles. The van der Waals surface area contributed by atoms with Gasteiger partial charge in [-0.15, -0.1) is 0 Å². The Balaban J connectivity index is 2.94. The summed E-state index contributed by atoms with van der Waals surface area (Å²) in [4.78, 5) is 0. The Hall–Kier alpha value is -1.79. The van der Waals surface area contributed by atoms with E-state index >= 15 is 0 Å². The average molecular weight is 205 g/mol. The smallest absolute Gasteiger partial charge is 0.225 e. The molecule has 0 amide bonds. The highest BCUT2D eigenvalue weighted by molar-refractivity contribution is 6.31. The number of aromatic nitrogens is 1. The largest absolute Gasteiger partial charge is 0.618 e. The van der Waals surface area contributed by atoms with E-state index in [-0.39, 0.29) is 0 Å². The molecular weight excluding hydrogens is 200 g/mol. The minimum atomic E-state index is 0.452. The number of halogens is 1. The zero-order valence-electron chi connectivity index (χ0n) is 7.07. The maximum Gasteiger partial charge on any atom is 0.225 e. The van der Waals surface area contributed by atoms with Crippen LogP contribution in [0.4, 0.5) is 0 Å². The molecule has 0 saturated carbocycles. The highest BCUT2D eigenvalue weighted by Crippen LogP contribution is 2.19. The van der Waals surface area contributed by atoms with Crippen LogP contribution in [0.15, 0.2) is 30.5 Å². The van der Waals surface area contributed by atoms with Gasteiger partial charge in [0.2, 0.25) is 5.52 Å². The first-order valence-corrected chi connectivity index (χ1v) is 4.31. The lowest BCUT2D eigenvalue weighted by Crippen LogP contribution is -2.26. The molecule has 2 rings (SSSR count). The predicted octanol–water partition coefficient (Wildman–Crippen LogP) is 2.00. The fourth-order valence-corrected chi connectivity index (χ4v) is 1.50. The summed E-state index contributed by atoms with van der Waals surface area (Å²) in [7, 11) is 0. The van der Waals surface area contributed by atoms with E-state index in [1.54, 1.807) is 18.2 Å². The van der Waals surface area contributed by atoms with Crippen molar-refractivity contribution in [3.63, 3.8) is 0 Å². The maximum absolute atomic E-state index is 11.3. The molecule has 0 aliphatic rings. The second kappa shape index (κ2) is 3.17. The third kappa shape index (κ3) is 1.26. The fourth-order valence-electron chi connectivity index (χ4n) is 1.33. The molecule has 1 aromatic heterocycles. The second-order valence-corrected chi connectivity index (χ2v) is 3.26. The van der Waals surface area contributed by atoms with Crippen LogP contribution in [0.25, 0.3) is 10.9 Å². The quantitative estimate of drug-likeness (QED) is 0.487. The van der Waals surface area contributed by atoms with Gasteiger partial charge in [-0.1, -0.05) is 11.6 Å². The number of nitrogens with zero attached hydrogens (tertiary/aromatic N) is 2. The Kier molecular flexibility index (Phi) is 1.99. The van der Waals surface area contributed by atoms with E-state index in [9.17, 15) is 5.21 Å². The molecule has 14 heavy (non-hydrogen) atoms. The lowest BCUT2D eigenvalue weighted by Gasteiger charge is -2.02. The maximum atomic E-state index is 11.3. The van der Waals surface area contributed by atoms with E-state index in [1.807, 2.05) is 6.07 Å². The van der Waals surface area contributed by atoms with Gasteiger partial charge in [-0.25, -0.2) is 0 Å².